The first-order valence-electron chi connectivity index (χ1n) is 6.82. The van der Waals surface area contributed by atoms with Crippen molar-refractivity contribution < 1.29 is 4.79 Å². The molecule has 1 fully saturated rings. The Balaban J connectivity index is 1.97. The lowest BCUT2D eigenvalue weighted by atomic mass is 9.92. The Morgan fingerprint density at radius 3 is 2.84 bits per heavy atom. The highest BCUT2D eigenvalue weighted by Gasteiger charge is 2.24. The molecular weight excluding hydrogens is 242 g/mol. The molecule has 1 amide bonds. The molecule has 3 N–H and O–H groups in total. The Hall–Kier alpha value is -1.69. The number of hydrazine groups is 1. The fourth-order valence-corrected chi connectivity index (χ4v) is 2.53. The summed E-state index contributed by atoms with van der Waals surface area (Å²) in [4.78, 5) is 22.2. The molecule has 0 saturated carbocycles. The van der Waals surface area contributed by atoms with Gasteiger partial charge in [0.1, 0.15) is 5.69 Å². The van der Waals surface area contributed by atoms with Crippen LogP contribution in [-0.4, -0.2) is 33.9 Å². The van der Waals surface area contributed by atoms with Gasteiger partial charge < -0.3 is 10.3 Å². The molecular formula is C13H21N5O. The van der Waals surface area contributed by atoms with E-state index in [9.17, 15) is 4.79 Å². The molecule has 1 aliphatic rings. The number of nitrogens with zero attached hydrogens (tertiary/aromatic N) is 3. The smallest absolute Gasteiger partial charge is 0.274 e. The van der Waals surface area contributed by atoms with Gasteiger partial charge in [-0.3, -0.25) is 9.78 Å². The molecule has 1 aliphatic heterocycles. The molecule has 6 nitrogen and oxygen atoms in total. The zero-order valence-electron chi connectivity index (χ0n) is 11.3. The van der Waals surface area contributed by atoms with Gasteiger partial charge in [0.25, 0.3) is 5.91 Å². The zero-order chi connectivity index (χ0) is 13.7. The second-order valence-corrected chi connectivity index (χ2v) is 4.96. The average Bonchev–Trinajstić information content (AvgIpc) is 2.48. The molecule has 6 heteroatoms. The number of amides is 1. The second kappa shape index (κ2) is 6.47. The van der Waals surface area contributed by atoms with Crippen molar-refractivity contribution in [3.05, 3.63) is 18.1 Å². The molecule has 0 aliphatic carbocycles. The number of nitrogens with one attached hydrogen (secondary N) is 1. The Morgan fingerprint density at radius 2 is 2.21 bits per heavy atom. The van der Waals surface area contributed by atoms with E-state index in [-0.39, 0.29) is 5.91 Å². The summed E-state index contributed by atoms with van der Waals surface area (Å²) < 4.78 is 0. The molecule has 0 atom stereocenters. The van der Waals surface area contributed by atoms with E-state index < -0.39 is 0 Å². The van der Waals surface area contributed by atoms with Crippen LogP contribution in [0, 0.1) is 5.92 Å². The number of rotatable bonds is 4. The van der Waals surface area contributed by atoms with E-state index >= 15 is 0 Å². The van der Waals surface area contributed by atoms with Gasteiger partial charge in [-0.1, -0.05) is 19.8 Å². The number of nitrogen functional groups attached to an aromatic ring is 1. The van der Waals surface area contributed by atoms with Crippen molar-refractivity contribution in [1.29, 1.82) is 0 Å². The molecule has 104 valence electrons. The van der Waals surface area contributed by atoms with Crippen LogP contribution in [0.5, 0.6) is 0 Å². The van der Waals surface area contributed by atoms with Crippen molar-refractivity contribution >= 4 is 11.7 Å². The van der Waals surface area contributed by atoms with Gasteiger partial charge in [0.15, 0.2) is 5.82 Å². The Labute approximate surface area is 113 Å². The standard InChI is InChI=1S/C13H21N5O/c1-2-3-10-4-6-18(7-5-10)13(19)11-8-15-9-12(16-11)17-14/h8-10H,2-7,14H2,1H3,(H,16,17). The van der Waals surface area contributed by atoms with Crippen LogP contribution in [0.25, 0.3) is 0 Å². The summed E-state index contributed by atoms with van der Waals surface area (Å²) in [6, 6.07) is 0. The molecule has 0 radical (unpaired) electrons. The van der Waals surface area contributed by atoms with Crippen LogP contribution in [0.4, 0.5) is 5.82 Å². The average molecular weight is 263 g/mol. The summed E-state index contributed by atoms with van der Waals surface area (Å²) in [6.07, 6.45) is 7.62. The van der Waals surface area contributed by atoms with Gasteiger partial charge in [0, 0.05) is 13.1 Å². The summed E-state index contributed by atoms with van der Waals surface area (Å²) in [5, 5.41) is 0. The molecule has 19 heavy (non-hydrogen) atoms. The van der Waals surface area contributed by atoms with Gasteiger partial charge in [0.2, 0.25) is 0 Å². The predicted molar refractivity (Wildman–Crippen MR) is 73.4 cm³/mol. The lowest BCUT2D eigenvalue weighted by molar-refractivity contribution is 0.0680. The van der Waals surface area contributed by atoms with E-state index in [1.165, 1.54) is 25.2 Å². The number of hydrogen-bond donors (Lipinski definition) is 2. The number of anilines is 1. The topological polar surface area (TPSA) is 84.1 Å². The lowest BCUT2D eigenvalue weighted by Gasteiger charge is -2.31. The number of aromatic nitrogens is 2. The number of hydrogen-bond acceptors (Lipinski definition) is 5. The molecule has 0 aromatic carbocycles. The first kappa shape index (κ1) is 13.7. The number of carbonyl (C=O) groups is 1. The Bertz CT molecular complexity index is 429. The maximum Gasteiger partial charge on any atom is 0.274 e. The molecule has 2 rings (SSSR count). The van der Waals surface area contributed by atoms with Crippen LogP contribution in [0.1, 0.15) is 43.1 Å². The minimum absolute atomic E-state index is 0.0560. The maximum absolute atomic E-state index is 12.3. The number of nitrogens with two attached hydrogens (primary N) is 1. The Kier molecular flexibility index (Phi) is 4.68. The summed E-state index contributed by atoms with van der Waals surface area (Å²) in [6.45, 7) is 3.83. The monoisotopic (exact) mass is 263 g/mol. The van der Waals surface area contributed by atoms with Crippen LogP contribution in [-0.2, 0) is 0 Å². The summed E-state index contributed by atoms with van der Waals surface area (Å²) in [5.74, 6) is 6.39. The third-order valence-electron chi connectivity index (χ3n) is 3.60. The first-order chi connectivity index (χ1) is 9.24. The van der Waals surface area contributed by atoms with Crippen molar-refractivity contribution in [2.75, 3.05) is 18.5 Å². The fraction of sp³-hybridized carbons (Fsp3) is 0.615. The molecule has 0 spiro atoms. The minimum atomic E-state index is -0.0560. The lowest BCUT2D eigenvalue weighted by Crippen LogP contribution is -2.39. The maximum atomic E-state index is 12.3. The number of likely N-dealkylation sites (tertiary alicyclic amines) is 1. The SMILES string of the molecule is CCCC1CCN(C(=O)c2cncc(NN)n2)CC1. The molecule has 1 aromatic heterocycles. The summed E-state index contributed by atoms with van der Waals surface area (Å²) in [5.41, 5.74) is 2.76. The van der Waals surface area contributed by atoms with Gasteiger partial charge in [-0.25, -0.2) is 10.8 Å². The molecule has 0 bridgehead atoms. The van der Waals surface area contributed by atoms with E-state index in [1.807, 2.05) is 4.90 Å². The predicted octanol–water partition coefficient (Wildman–Crippen LogP) is 1.41. The van der Waals surface area contributed by atoms with E-state index in [2.05, 4.69) is 22.3 Å². The Morgan fingerprint density at radius 1 is 1.47 bits per heavy atom. The van der Waals surface area contributed by atoms with Crippen LogP contribution >= 0.6 is 0 Å². The quantitative estimate of drug-likeness (QED) is 0.634. The van der Waals surface area contributed by atoms with Crippen molar-refractivity contribution in [3.8, 4) is 0 Å². The number of carbonyl (C=O) groups excluding carboxylic acids is 1. The van der Waals surface area contributed by atoms with Crippen LogP contribution in [0.3, 0.4) is 0 Å². The second-order valence-electron chi connectivity index (χ2n) is 4.96. The third-order valence-corrected chi connectivity index (χ3v) is 3.60. The third kappa shape index (κ3) is 3.41. The van der Waals surface area contributed by atoms with E-state index in [4.69, 9.17) is 5.84 Å². The van der Waals surface area contributed by atoms with Crippen LogP contribution < -0.4 is 11.3 Å². The highest BCUT2D eigenvalue weighted by molar-refractivity contribution is 5.92. The normalized spacial score (nSPS) is 16.4. The van der Waals surface area contributed by atoms with Crippen molar-refractivity contribution in [2.45, 2.75) is 32.6 Å². The molecule has 1 saturated heterocycles. The minimum Gasteiger partial charge on any atom is -0.337 e. The van der Waals surface area contributed by atoms with Gasteiger partial charge in [-0.2, -0.15) is 0 Å². The van der Waals surface area contributed by atoms with Crippen molar-refractivity contribution in [2.24, 2.45) is 11.8 Å². The van der Waals surface area contributed by atoms with Gasteiger partial charge >= 0.3 is 0 Å². The van der Waals surface area contributed by atoms with Crippen molar-refractivity contribution in [1.82, 2.24) is 14.9 Å². The van der Waals surface area contributed by atoms with Crippen LogP contribution in [0.2, 0.25) is 0 Å². The zero-order valence-corrected chi connectivity index (χ0v) is 11.3. The van der Waals surface area contributed by atoms with Gasteiger partial charge in [-0.15, -0.1) is 0 Å². The first-order valence-corrected chi connectivity index (χ1v) is 6.82. The summed E-state index contributed by atoms with van der Waals surface area (Å²) >= 11 is 0. The number of piperidine rings is 1. The molecule has 1 aromatic rings. The highest BCUT2D eigenvalue weighted by atomic mass is 16.2. The van der Waals surface area contributed by atoms with Gasteiger partial charge in [0.05, 0.1) is 12.4 Å². The highest BCUT2D eigenvalue weighted by Crippen LogP contribution is 2.22. The largest absolute Gasteiger partial charge is 0.337 e. The van der Waals surface area contributed by atoms with Crippen LogP contribution in [0.15, 0.2) is 12.4 Å². The molecule has 2 heterocycles. The van der Waals surface area contributed by atoms with E-state index in [1.54, 1.807) is 0 Å². The van der Waals surface area contributed by atoms with E-state index in [0.29, 0.717) is 11.5 Å². The summed E-state index contributed by atoms with van der Waals surface area (Å²) in [7, 11) is 0. The van der Waals surface area contributed by atoms with Gasteiger partial charge in [-0.05, 0) is 18.8 Å². The fourth-order valence-electron chi connectivity index (χ4n) is 2.53. The molecule has 0 unspecified atom stereocenters. The van der Waals surface area contributed by atoms with E-state index in [0.717, 1.165) is 31.8 Å². The van der Waals surface area contributed by atoms with Crippen molar-refractivity contribution in [3.63, 3.8) is 0 Å².